The molecule has 0 rings (SSSR count). The third kappa shape index (κ3) is 7.59. The Balaban J connectivity index is 2.83. The van der Waals surface area contributed by atoms with Crippen molar-refractivity contribution in [1.29, 1.82) is 0 Å². The third-order valence-corrected chi connectivity index (χ3v) is 0.861. The van der Waals surface area contributed by atoms with Gasteiger partial charge in [0.2, 0.25) is 0 Å². The zero-order valence-corrected chi connectivity index (χ0v) is 5.72. The first kappa shape index (κ1) is 8.59. The molecule has 0 saturated carbocycles. The SMILES string of the molecule is CC(=O)CCOCCN. The normalized spacial score (nSPS) is 9.56. The van der Waals surface area contributed by atoms with Gasteiger partial charge in [0, 0.05) is 13.0 Å². The molecule has 0 radical (unpaired) electrons. The van der Waals surface area contributed by atoms with Crippen molar-refractivity contribution in [3.05, 3.63) is 0 Å². The van der Waals surface area contributed by atoms with Gasteiger partial charge in [-0.3, -0.25) is 4.79 Å². The number of carbonyl (C=O) groups is 1. The number of ether oxygens (including phenoxy) is 1. The molecule has 0 atom stereocenters. The van der Waals surface area contributed by atoms with Crippen LogP contribution in [0.15, 0.2) is 0 Å². The molecular formula is C6H13NO2. The van der Waals surface area contributed by atoms with Crippen molar-refractivity contribution < 1.29 is 9.53 Å². The van der Waals surface area contributed by atoms with Crippen LogP contribution in [0.3, 0.4) is 0 Å². The fourth-order valence-electron chi connectivity index (χ4n) is 0.401. The molecule has 2 N–H and O–H groups in total. The van der Waals surface area contributed by atoms with Crippen LogP contribution in [0.1, 0.15) is 13.3 Å². The van der Waals surface area contributed by atoms with E-state index in [9.17, 15) is 4.79 Å². The average molecular weight is 131 g/mol. The summed E-state index contributed by atoms with van der Waals surface area (Å²) in [6.07, 6.45) is 0.500. The van der Waals surface area contributed by atoms with Crippen molar-refractivity contribution in [2.24, 2.45) is 5.73 Å². The molecule has 0 bridgehead atoms. The molecule has 0 unspecified atom stereocenters. The van der Waals surface area contributed by atoms with Crippen LogP contribution in [-0.4, -0.2) is 25.5 Å². The predicted molar refractivity (Wildman–Crippen MR) is 35.2 cm³/mol. The number of carbonyl (C=O) groups excluding carboxylic acids is 1. The van der Waals surface area contributed by atoms with E-state index in [1.807, 2.05) is 0 Å². The number of Topliss-reactive ketones (excluding diaryl/α,β-unsaturated/α-hetero) is 1. The molecule has 0 fully saturated rings. The molecule has 0 aromatic heterocycles. The summed E-state index contributed by atoms with van der Waals surface area (Å²) in [5.74, 6) is 0.159. The number of hydrogen-bond acceptors (Lipinski definition) is 3. The fourth-order valence-corrected chi connectivity index (χ4v) is 0.401. The maximum atomic E-state index is 10.3. The van der Waals surface area contributed by atoms with Gasteiger partial charge in [0.1, 0.15) is 5.78 Å². The van der Waals surface area contributed by atoms with Gasteiger partial charge < -0.3 is 10.5 Å². The van der Waals surface area contributed by atoms with E-state index in [0.29, 0.717) is 26.2 Å². The Bertz CT molecular complexity index is 83.1. The van der Waals surface area contributed by atoms with Crippen molar-refractivity contribution in [3.63, 3.8) is 0 Å². The summed E-state index contributed by atoms with van der Waals surface area (Å²) < 4.78 is 4.95. The molecule has 9 heavy (non-hydrogen) atoms. The van der Waals surface area contributed by atoms with Gasteiger partial charge in [-0.1, -0.05) is 0 Å². The van der Waals surface area contributed by atoms with Crippen LogP contribution >= 0.6 is 0 Å². The summed E-state index contributed by atoms with van der Waals surface area (Å²) in [4.78, 5) is 10.3. The second kappa shape index (κ2) is 5.72. The van der Waals surface area contributed by atoms with Gasteiger partial charge >= 0.3 is 0 Å². The van der Waals surface area contributed by atoms with E-state index in [4.69, 9.17) is 10.5 Å². The van der Waals surface area contributed by atoms with E-state index < -0.39 is 0 Å². The molecule has 0 aliphatic carbocycles. The molecule has 0 heterocycles. The highest BCUT2D eigenvalue weighted by Crippen LogP contribution is 1.82. The van der Waals surface area contributed by atoms with E-state index in [1.165, 1.54) is 0 Å². The molecule has 0 spiro atoms. The second-order valence-electron chi connectivity index (χ2n) is 1.85. The monoisotopic (exact) mass is 131 g/mol. The minimum absolute atomic E-state index is 0.159. The minimum atomic E-state index is 0.159. The van der Waals surface area contributed by atoms with Gasteiger partial charge in [-0.05, 0) is 6.92 Å². The maximum absolute atomic E-state index is 10.3. The lowest BCUT2D eigenvalue weighted by Gasteiger charge is -1.97. The van der Waals surface area contributed by atoms with Gasteiger partial charge in [-0.25, -0.2) is 0 Å². The molecule has 0 aliphatic rings. The minimum Gasteiger partial charge on any atom is -0.380 e. The number of nitrogens with two attached hydrogens (primary N) is 1. The molecule has 0 aliphatic heterocycles. The Labute approximate surface area is 55.2 Å². The molecular weight excluding hydrogens is 118 g/mol. The van der Waals surface area contributed by atoms with Crippen LogP contribution in [0.4, 0.5) is 0 Å². The van der Waals surface area contributed by atoms with Crippen LogP contribution < -0.4 is 5.73 Å². The molecule has 0 aromatic rings. The summed E-state index contributed by atoms with van der Waals surface area (Å²) in [6.45, 7) is 3.13. The zero-order valence-electron chi connectivity index (χ0n) is 5.72. The van der Waals surface area contributed by atoms with Gasteiger partial charge in [-0.15, -0.1) is 0 Å². The molecule has 0 aromatic carbocycles. The van der Waals surface area contributed by atoms with Crippen molar-refractivity contribution in [3.8, 4) is 0 Å². The van der Waals surface area contributed by atoms with Crippen LogP contribution in [0.25, 0.3) is 0 Å². The highest BCUT2D eigenvalue weighted by molar-refractivity contribution is 5.75. The zero-order chi connectivity index (χ0) is 7.11. The lowest BCUT2D eigenvalue weighted by molar-refractivity contribution is -0.118. The standard InChI is InChI=1S/C6H13NO2/c1-6(8)2-4-9-5-3-7/h2-5,7H2,1H3. The third-order valence-electron chi connectivity index (χ3n) is 0.861. The van der Waals surface area contributed by atoms with Gasteiger partial charge in [0.05, 0.1) is 13.2 Å². The Hall–Kier alpha value is -0.410. The quantitative estimate of drug-likeness (QED) is 0.532. The fraction of sp³-hybridized carbons (Fsp3) is 0.833. The molecule has 3 nitrogen and oxygen atoms in total. The second-order valence-corrected chi connectivity index (χ2v) is 1.85. The van der Waals surface area contributed by atoms with Crippen molar-refractivity contribution in [1.82, 2.24) is 0 Å². The summed E-state index contributed by atoms with van der Waals surface area (Å²) in [6, 6.07) is 0. The number of ketones is 1. The predicted octanol–water partition coefficient (Wildman–Crippen LogP) is -0.0592. The van der Waals surface area contributed by atoms with E-state index >= 15 is 0 Å². The average Bonchev–Trinajstić information content (AvgIpc) is 1.80. The first-order valence-corrected chi connectivity index (χ1v) is 3.04. The lowest BCUT2D eigenvalue weighted by Crippen LogP contribution is -2.10. The lowest BCUT2D eigenvalue weighted by atomic mass is 10.3. The van der Waals surface area contributed by atoms with E-state index in [1.54, 1.807) is 6.92 Å². The van der Waals surface area contributed by atoms with E-state index in [2.05, 4.69) is 0 Å². The summed E-state index contributed by atoms with van der Waals surface area (Å²) in [5, 5.41) is 0. The first-order chi connectivity index (χ1) is 4.27. The Morgan fingerprint density at radius 2 is 2.22 bits per heavy atom. The largest absolute Gasteiger partial charge is 0.380 e. The molecule has 0 amide bonds. The van der Waals surface area contributed by atoms with Gasteiger partial charge in [-0.2, -0.15) is 0 Å². The van der Waals surface area contributed by atoms with Crippen LogP contribution in [0.5, 0.6) is 0 Å². The van der Waals surface area contributed by atoms with Crippen molar-refractivity contribution in [2.45, 2.75) is 13.3 Å². The van der Waals surface area contributed by atoms with Crippen LogP contribution in [0, 0.1) is 0 Å². The highest BCUT2D eigenvalue weighted by Gasteiger charge is 1.90. The number of rotatable bonds is 5. The summed E-state index contributed by atoms with van der Waals surface area (Å²) in [5.41, 5.74) is 5.14. The molecule has 0 saturated heterocycles. The van der Waals surface area contributed by atoms with Crippen LogP contribution in [-0.2, 0) is 9.53 Å². The Morgan fingerprint density at radius 1 is 1.56 bits per heavy atom. The van der Waals surface area contributed by atoms with Gasteiger partial charge in [0.15, 0.2) is 0 Å². The van der Waals surface area contributed by atoms with E-state index in [-0.39, 0.29) is 5.78 Å². The summed E-state index contributed by atoms with van der Waals surface area (Å²) in [7, 11) is 0. The topological polar surface area (TPSA) is 52.3 Å². The van der Waals surface area contributed by atoms with Crippen LogP contribution in [0.2, 0.25) is 0 Å². The molecule has 3 heteroatoms. The summed E-state index contributed by atoms with van der Waals surface area (Å²) >= 11 is 0. The first-order valence-electron chi connectivity index (χ1n) is 3.04. The maximum Gasteiger partial charge on any atom is 0.132 e. The smallest absolute Gasteiger partial charge is 0.132 e. The van der Waals surface area contributed by atoms with Crippen molar-refractivity contribution in [2.75, 3.05) is 19.8 Å². The Kier molecular flexibility index (Phi) is 5.46. The van der Waals surface area contributed by atoms with E-state index in [0.717, 1.165) is 0 Å². The number of hydrogen-bond donors (Lipinski definition) is 1. The highest BCUT2D eigenvalue weighted by atomic mass is 16.5. The van der Waals surface area contributed by atoms with Crippen molar-refractivity contribution >= 4 is 5.78 Å². The Morgan fingerprint density at radius 3 is 2.67 bits per heavy atom. The molecule has 54 valence electrons. The van der Waals surface area contributed by atoms with Gasteiger partial charge in [0.25, 0.3) is 0 Å².